The molecule has 1 unspecified atom stereocenters. The molecule has 0 bridgehead atoms. The topological polar surface area (TPSA) is 94.7 Å². The van der Waals surface area contributed by atoms with E-state index in [0.717, 1.165) is 5.56 Å². The highest BCUT2D eigenvalue weighted by Crippen LogP contribution is 2.20. The lowest BCUT2D eigenvalue weighted by atomic mass is 10.0. The summed E-state index contributed by atoms with van der Waals surface area (Å²) in [6.45, 7) is -0.167. The van der Waals surface area contributed by atoms with Crippen molar-refractivity contribution in [2.45, 2.75) is 12.6 Å². The predicted octanol–water partition coefficient (Wildman–Crippen LogP) is 2.19. The summed E-state index contributed by atoms with van der Waals surface area (Å²) >= 11 is 3.28. The van der Waals surface area contributed by atoms with Crippen molar-refractivity contribution in [3.05, 3.63) is 87.3 Å². The van der Waals surface area contributed by atoms with Crippen LogP contribution in [0, 0.1) is 0 Å². The first-order valence-electron chi connectivity index (χ1n) is 8.87. The van der Waals surface area contributed by atoms with Crippen molar-refractivity contribution >= 4 is 32.9 Å². The lowest BCUT2D eigenvalue weighted by Gasteiger charge is -2.19. The molecule has 1 N–H and O–H groups in total. The molecule has 0 aliphatic rings. The second kappa shape index (κ2) is 7.96. The normalized spacial score (nSPS) is 12.1. The van der Waals surface area contributed by atoms with Crippen LogP contribution in [0.15, 0.2) is 70.5 Å². The molecule has 0 aliphatic carbocycles. The molecule has 29 heavy (non-hydrogen) atoms. The maximum Gasteiger partial charge on any atom is 0.266 e. The number of halogens is 1. The molecule has 1 amide bonds. The number of hydrogen-bond donors (Lipinski definition) is 1. The van der Waals surface area contributed by atoms with Crippen LogP contribution in [0.1, 0.15) is 17.3 Å². The zero-order valence-corrected chi connectivity index (χ0v) is 17.1. The third-order valence-electron chi connectivity index (χ3n) is 4.50. The van der Waals surface area contributed by atoms with Crippen LogP contribution < -0.4 is 10.9 Å². The highest BCUT2D eigenvalue weighted by Gasteiger charge is 2.19. The van der Waals surface area contributed by atoms with Gasteiger partial charge in [0.1, 0.15) is 22.9 Å². The number of pyridine rings is 1. The van der Waals surface area contributed by atoms with Gasteiger partial charge in [-0.05, 0) is 33.6 Å². The van der Waals surface area contributed by atoms with Crippen LogP contribution in [-0.2, 0) is 18.4 Å². The molecule has 0 saturated heterocycles. The summed E-state index contributed by atoms with van der Waals surface area (Å²) in [6.07, 6.45) is 3.04. The van der Waals surface area contributed by atoms with Gasteiger partial charge in [-0.3, -0.25) is 19.1 Å². The monoisotopic (exact) mass is 452 g/mol. The molecular formula is C20H17BrN6O2. The van der Waals surface area contributed by atoms with Gasteiger partial charge in [0.25, 0.3) is 5.56 Å². The van der Waals surface area contributed by atoms with Gasteiger partial charge in [0.05, 0.1) is 11.7 Å². The van der Waals surface area contributed by atoms with E-state index in [-0.39, 0.29) is 18.0 Å². The van der Waals surface area contributed by atoms with Gasteiger partial charge < -0.3 is 5.32 Å². The molecule has 1 atom stereocenters. The molecule has 0 saturated carbocycles. The average molecular weight is 453 g/mol. The Morgan fingerprint density at radius 2 is 1.90 bits per heavy atom. The fourth-order valence-corrected chi connectivity index (χ4v) is 3.71. The lowest BCUT2D eigenvalue weighted by molar-refractivity contribution is -0.122. The summed E-state index contributed by atoms with van der Waals surface area (Å²) in [4.78, 5) is 34.2. The predicted molar refractivity (Wildman–Crippen MR) is 111 cm³/mol. The Labute approximate surface area is 174 Å². The Balaban J connectivity index is 1.62. The van der Waals surface area contributed by atoms with Crippen LogP contribution in [0.5, 0.6) is 0 Å². The first kappa shape index (κ1) is 19.0. The average Bonchev–Trinajstić information content (AvgIpc) is 3.03. The number of nitrogens with one attached hydrogen (secondary N) is 1. The number of fused-ring (bicyclic) bond motifs is 1. The van der Waals surface area contributed by atoms with Crippen LogP contribution >= 0.6 is 15.9 Å². The molecule has 1 aromatic carbocycles. The summed E-state index contributed by atoms with van der Waals surface area (Å²) in [5, 5.41) is 7.46. The zero-order chi connectivity index (χ0) is 20.4. The largest absolute Gasteiger partial charge is 0.342 e. The molecular weight excluding hydrogens is 436 g/mol. The number of nitrogens with zero attached hydrogens (tertiary/aromatic N) is 5. The van der Waals surface area contributed by atoms with Gasteiger partial charge in [-0.15, -0.1) is 0 Å². The Morgan fingerprint density at radius 3 is 2.62 bits per heavy atom. The van der Waals surface area contributed by atoms with E-state index < -0.39 is 6.04 Å². The Morgan fingerprint density at radius 1 is 1.14 bits per heavy atom. The number of hydrogen-bond acceptors (Lipinski definition) is 5. The molecule has 0 radical (unpaired) electrons. The van der Waals surface area contributed by atoms with Gasteiger partial charge in [-0.1, -0.05) is 36.4 Å². The first-order valence-corrected chi connectivity index (χ1v) is 9.67. The second-order valence-electron chi connectivity index (χ2n) is 6.46. The highest BCUT2D eigenvalue weighted by molar-refractivity contribution is 9.10. The number of carbonyl (C=O) groups is 1. The fraction of sp³-hybridized carbons (Fsp3) is 0.150. The minimum atomic E-state index is -0.428. The Hall–Kier alpha value is -3.33. The minimum Gasteiger partial charge on any atom is -0.342 e. The van der Waals surface area contributed by atoms with Gasteiger partial charge in [0, 0.05) is 13.2 Å². The SMILES string of the molecule is Cn1nc(Br)c2c(=O)n(CC(=O)NC(c3ccccc3)c3ccccn3)cnc21. The van der Waals surface area contributed by atoms with Crippen molar-refractivity contribution in [1.82, 2.24) is 29.6 Å². The Bertz CT molecular complexity index is 1180. The van der Waals surface area contributed by atoms with Crippen LogP contribution in [0.25, 0.3) is 11.0 Å². The van der Waals surface area contributed by atoms with Crippen LogP contribution in [-0.4, -0.2) is 30.2 Å². The maximum atomic E-state index is 12.8. The maximum absolute atomic E-state index is 12.8. The lowest BCUT2D eigenvalue weighted by Crippen LogP contribution is -2.35. The quantitative estimate of drug-likeness (QED) is 0.500. The summed E-state index contributed by atoms with van der Waals surface area (Å²) < 4.78 is 3.18. The van der Waals surface area contributed by atoms with E-state index >= 15 is 0 Å². The van der Waals surface area contributed by atoms with E-state index in [1.165, 1.54) is 15.6 Å². The summed E-state index contributed by atoms with van der Waals surface area (Å²) in [5.41, 5.74) is 1.73. The number of aromatic nitrogens is 5. The standard InChI is InChI=1S/C20H17BrN6O2/c1-26-19-16(18(21)25-26)20(29)27(12-23-19)11-15(28)24-17(13-7-3-2-4-8-13)14-9-5-6-10-22-14/h2-10,12,17H,11H2,1H3,(H,24,28). The molecule has 3 heterocycles. The minimum absolute atomic E-state index is 0.167. The first-order chi connectivity index (χ1) is 14.0. The van der Waals surface area contributed by atoms with Crippen molar-refractivity contribution in [3.63, 3.8) is 0 Å². The van der Waals surface area contributed by atoms with Crippen LogP contribution in [0.4, 0.5) is 0 Å². The third kappa shape index (κ3) is 3.81. The van der Waals surface area contributed by atoms with E-state index in [1.54, 1.807) is 13.2 Å². The van der Waals surface area contributed by atoms with Crippen molar-refractivity contribution in [2.24, 2.45) is 7.05 Å². The van der Waals surface area contributed by atoms with Crippen LogP contribution in [0.2, 0.25) is 0 Å². The molecule has 3 aromatic heterocycles. The molecule has 4 rings (SSSR count). The summed E-state index contributed by atoms with van der Waals surface area (Å²) in [5.74, 6) is -0.326. The molecule has 0 fully saturated rings. The summed E-state index contributed by atoms with van der Waals surface area (Å²) in [7, 11) is 1.70. The molecule has 0 spiro atoms. The number of benzene rings is 1. The number of carbonyl (C=O) groups excluding carboxylic acids is 1. The van der Waals surface area contributed by atoms with Crippen molar-refractivity contribution in [1.29, 1.82) is 0 Å². The van der Waals surface area contributed by atoms with E-state index in [1.807, 2.05) is 48.5 Å². The fourth-order valence-electron chi connectivity index (χ4n) is 3.13. The molecule has 146 valence electrons. The van der Waals surface area contributed by atoms with Crippen molar-refractivity contribution in [2.75, 3.05) is 0 Å². The number of aryl methyl sites for hydroxylation is 1. The second-order valence-corrected chi connectivity index (χ2v) is 7.21. The van der Waals surface area contributed by atoms with Crippen LogP contribution in [0.3, 0.4) is 0 Å². The molecule has 0 aliphatic heterocycles. The molecule has 9 heteroatoms. The van der Waals surface area contributed by atoms with E-state index in [2.05, 4.69) is 36.3 Å². The van der Waals surface area contributed by atoms with Gasteiger partial charge in [-0.25, -0.2) is 9.67 Å². The van der Waals surface area contributed by atoms with E-state index in [9.17, 15) is 9.59 Å². The van der Waals surface area contributed by atoms with Crippen molar-refractivity contribution in [3.8, 4) is 0 Å². The highest BCUT2D eigenvalue weighted by atomic mass is 79.9. The zero-order valence-electron chi connectivity index (χ0n) is 15.5. The third-order valence-corrected chi connectivity index (χ3v) is 5.06. The van der Waals surface area contributed by atoms with Gasteiger partial charge >= 0.3 is 0 Å². The van der Waals surface area contributed by atoms with Crippen molar-refractivity contribution < 1.29 is 4.79 Å². The number of amides is 1. The summed E-state index contributed by atoms with van der Waals surface area (Å²) in [6, 6.07) is 14.7. The van der Waals surface area contributed by atoms with Gasteiger partial charge in [-0.2, -0.15) is 5.10 Å². The smallest absolute Gasteiger partial charge is 0.266 e. The van der Waals surface area contributed by atoms with E-state index in [0.29, 0.717) is 21.3 Å². The molecule has 8 nitrogen and oxygen atoms in total. The number of rotatable bonds is 5. The van der Waals surface area contributed by atoms with E-state index in [4.69, 9.17) is 0 Å². The molecule has 4 aromatic rings. The Kier molecular flexibility index (Phi) is 5.22. The van der Waals surface area contributed by atoms with Gasteiger partial charge in [0.2, 0.25) is 5.91 Å². The van der Waals surface area contributed by atoms with Gasteiger partial charge in [0.15, 0.2) is 5.65 Å².